The molecule has 7 heteroatoms. The third-order valence-electron chi connectivity index (χ3n) is 6.07. The smallest absolute Gasteiger partial charge is 0.259 e. The van der Waals surface area contributed by atoms with Gasteiger partial charge in [0.05, 0.1) is 6.20 Å². The number of piperazine rings is 1. The van der Waals surface area contributed by atoms with Crippen molar-refractivity contribution in [2.24, 2.45) is 0 Å². The van der Waals surface area contributed by atoms with E-state index in [1.54, 1.807) is 10.7 Å². The Labute approximate surface area is 160 Å². The lowest BCUT2D eigenvalue weighted by Gasteiger charge is -2.43. The van der Waals surface area contributed by atoms with Crippen molar-refractivity contribution >= 4 is 11.6 Å². The summed E-state index contributed by atoms with van der Waals surface area (Å²) in [5, 5.41) is 4.41. The highest BCUT2D eigenvalue weighted by Gasteiger charge is 2.32. The molecule has 4 rings (SSSR count). The van der Waals surface area contributed by atoms with Crippen molar-refractivity contribution in [2.75, 3.05) is 39.3 Å². The third kappa shape index (κ3) is 3.71. The van der Waals surface area contributed by atoms with E-state index in [1.807, 2.05) is 17.3 Å². The molecule has 1 unspecified atom stereocenters. The first kappa shape index (κ1) is 18.4. The summed E-state index contributed by atoms with van der Waals surface area (Å²) in [6, 6.07) is 0.520. The van der Waals surface area contributed by atoms with Gasteiger partial charge in [-0.05, 0) is 32.5 Å². The second-order valence-electron chi connectivity index (χ2n) is 7.69. The van der Waals surface area contributed by atoms with Crippen LogP contribution in [-0.4, -0.2) is 80.5 Å². The van der Waals surface area contributed by atoms with Crippen molar-refractivity contribution in [1.82, 2.24) is 29.3 Å². The molecule has 0 aromatic carbocycles. The zero-order chi connectivity index (χ0) is 18.8. The van der Waals surface area contributed by atoms with Gasteiger partial charge in [-0.2, -0.15) is 5.10 Å². The van der Waals surface area contributed by atoms with Gasteiger partial charge < -0.3 is 4.90 Å². The second kappa shape index (κ2) is 7.94. The summed E-state index contributed by atoms with van der Waals surface area (Å²) >= 11 is 0. The molecule has 7 nitrogen and oxygen atoms in total. The van der Waals surface area contributed by atoms with E-state index < -0.39 is 0 Å². The number of piperidine rings is 1. The minimum absolute atomic E-state index is 0.0687. The molecule has 2 aliphatic heterocycles. The van der Waals surface area contributed by atoms with E-state index in [4.69, 9.17) is 0 Å². The second-order valence-corrected chi connectivity index (χ2v) is 7.69. The number of amides is 1. The van der Waals surface area contributed by atoms with E-state index in [-0.39, 0.29) is 5.91 Å². The molecule has 0 radical (unpaired) electrons. The fraction of sp³-hybridized carbons (Fsp3) is 0.650. The average Bonchev–Trinajstić information content (AvgIpc) is 3.14. The molecule has 1 atom stereocenters. The van der Waals surface area contributed by atoms with E-state index in [0.29, 0.717) is 17.3 Å². The number of hydrogen-bond acceptors (Lipinski definition) is 5. The van der Waals surface area contributed by atoms with Crippen LogP contribution in [0.4, 0.5) is 0 Å². The highest BCUT2D eigenvalue weighted by atomic mass is 16.2. The van der Waals surface area contributed by atoms with Gasteiger partial charge in [0.1, 0.15) is 5.56 Å². The number of hydrogen-bond donors (Lipinski definition) is 0. The summed E-state index contributed by atoms with van der Waals surface area (Å²) in [5.41, 5.74) is 2.40. The maximum Gasteiger partial charge on any atom is 0.259 e. The molecule has 4 heterocycles. The monoisotopic (exact) mass is 370 g/mol. The molecule has 2 aromatic heterocycles. The summed E-state index contributed by atoms with van der Waals surface area (Å²) in [5.74, 6) is 0.0687. The summed E-state index contributed by atoms with van der Waals surface area (Å²) in [6.07, 6.45) is 9.32. The molecule has 1 amide bonds. The van der Waals surface area contributed by atoms with Crippen LogP contribution in [0, 0.1) is 0 Å². The summed E-state index contributed by atoms with van der Waals surface area (Å²) in [7, 11) is 0. The lowest BCUT2D eigenvalue weighted by Crippen LogP contribution is -2.56. The zero-order valence-corrected chi connectivity index (χ0v) is 16.5. The third-order valence-corrected chi connectivity index (χ3v) is 6.07. The molecule has 0 aliphatic carbocycles. The van der Waals surface area contributed by atoms with Crippen LogP contribution in [0.3, 0.4) is 0 Å². The molecule has 2 aliphatic rings. The van der Waals surface area contributed by atoms with Crippen LogP contribution in [0.15, 0.2) is 18.6 Å². The number of carbonyl (C=O) groups is 1. The molecular weight excluding hydrogens is 340 g/mol. The van der Waals surface area contributed by atoms with Crippen molar-refractivity contribution in [3.8, 4) is 0 Å². The van der Waals surface area contributed by atoms with Gasteiger partial charge in [-0.25, -0.2) is 9.50 Å². The minimum atomic E-state index is 0.0687. The SMILES string of the molecule is CCN(CC)Cc1cnc2c(C(=O)N3CCN4CCCCC4C3)cnn2c1. The first-order chi connectivity index (χ1) is 13.2. The first-order valence-electron chi connectivity index (χ1n) is 10.3. The largest absolute Gasteiger partial charge is 0.336 e. The van der Waals surface area contributed by atoms with E-state index in [0.717, 1.165) is 44.8 Å². The molecule has 0 bridgehead atoms. The summed E-state index contributed by atoms with van der Waals surface area (Å²) in [6.45, 7) is 11.0. The predicted octanol–water partition coefficient (Wildman–Crippen LogP) is 1.88. The number of nitrogens with zero attached hydrogens (tertiary/aromatic N) is 6. The Morgan fingerprint density at radius 1 is 1.19 bits per heavy atom. The fourth-order valence-corrected chi connectivity index (χ4v) is 4.36. The molecule has 0 spiro atoms. The molecule has 2 saturated heterocycles. The van der Waals surface area contributed by atoms with Gasteiger partial charge in [-0.15, -0.1) is 0 Å². The Kier molecular flexibility index (Phi) is 5.41. The van der Waals surface area contributed by atoms with E-state index >= 15 is 0 Å². The average molecular weight is 371 g/mol. The van der Waals surface area contributed by atoms with Crippen molar-refractivity contribution in [1.29, 1.82) is 0 Å². The first-order valence-corrected chi connectivity index (χ1v) is 10.3. The predicted molar refractivity (Wildman–Crippen MR) is 105 cm³/mol. The van der Waals surface area contributed by atoms with Crippen LogP contribution in [-0.2, 0) is 6.54 Å². The Bertz CT molecular complexity index is 799. The Morgan fingerprint density at radius 3 is 2.85 bits per heavy atom. The van der Waals surface area contributed by atoms with Gasteiger partial charge in [0.2, 0.25) is 0 Å². The molecule has 0 saturated carbocycles. The standard InChI is InChI=1S/C20H30N6O/c1-3-23(4-2)13-16-11-21-19-18(12-22-26(19)14-16)20(27)25-10-9-24-8-6-5-7-17(24)15-25/h11-12,14,17H,3-10,13,15H2,1-2H3. The number of carbonyl (C=O) groups excluding carboxylic acids is 1. The van der Waals surface area contributed by atoms with Gasteiger partial charge in [-0.3, -0.25) is 14.6 Å². The molecular formula is C20H30N6O. The quantitative estimate of drug-likeness (QED) is 0.804. The minimum Gasteiger partial charge on any atom is -0.336 e. The number of aromatic nitrogens is 3. The highest BCUT2D eigenvalue weighted by molar-refractivity contribution is 5.99. The van der Waals surface area contributed by atoms with E-state index in [2.05, 4.69) is 33.7 Å². The summed E-state index contributed by atoms with van der Waals surface area (Å²) in [4.78, 5) is 24.6. The van der Waals surface area contributed by atoms with Gasteiger partial charge >= 0.3 is 0 Å². The highest BCUT2D eigenvalue weighted by Crippen LogP contribution is 2.23. The van der Waals surface area contributed by atoms with Crippen molar-refractivity contribution < 1.29 is 4.79 Å². The van der Waals surface area contributed by atoms with Crippen LogP contribution in [0.2, 0.25) is 0 Å². The Balaban J connectivity index is 1.50. The lowest BCUT2D eigenvalue weighted by molar-refractivity contribution is 0.0374. The van der Waals surface area contributed by atoms with Crippen molar-refractivity contribution in [3.63, 3.8) is 0 Å². The topological polar surface area (TPSA) is 57.0 Å². The van der Waals surface area contributed by atoms with E-state index in [1.165, 1.54) is 25.8 Å². The van der Waals surface area contributed by atoms with Crippen molar-refractivity contribution in [3.05, 3.63) is 29.7 Å². The number of rotatable bonds is 5. The molecule has 146 valence electrons. The number of fused-ring (bicyclic) bond motifs is 2. The van der Waals surface area contributed by atoms with Crippen LogP contribution in [0.5, 0.6) is 0 Å². The molecule has 27 heavy (non-hydrogen) atoms. The maximum absolute atomic E-state index is 13.1. The van der Waals surface area contributed by atoms with Crippen LogP contribution in [0.25, 0.3) is 5.65 Å². The van der Waals surface area contributed by atoms with Crippen LogP contribution >= 0.6 is 0 Å². The van der Waals surface area contributed by atoms with Gasteiger partial charge in [0.15, 0.2) is 5.65 Å². The lowest BCUT2D eigenvalue weighted by atomic mass is 9.99. The van der Waals surface area contributed by atoms with E-state index in [9.17, 15) is 4.79 Å². The van der Waals surface area contributed by atoms with Crippen LogP contribution < -0.4 is 0 Å². The molecule has 2 aromatic rings. The van der Waals surface area contributed by atoms with Gasteiger partial charge in [-0.1, -0.05) is 20.3 Å². The Hall–Kier alpha value is -1.99. The maximum atomic E-state index is 13.1. The summed E-state index contributed by atoms with van der Waals surface area (Å²) < 4.78 is 1.75. The normalized spacial score (nSPS) is 21.0. The van der Waals surface area contributed by atoms with Crippen LogP contribution in [0.1, 0.15) is 49.0 Å². The fourth-order valence-electron chi connectivity index (χ4n) is 4.36. The zero-order valence-electron chi connectivity index (χ0n) is 16.5. The van der Waals surface area contributed by atoms with Crippen molar-refractivity contribution in [2.45, 2.75) is 45.7 Å². The molecule has 0 N–H and O–H groups in total. The van der Waals surface area contributed by atoms with Gasteiger partial charge in [0.25, 0.3) is 5.91 Å². The Morgan fingerprint density at radius 2 is 2.04 bits per heavy atom. The van der Waals surface area contributed by atoms with Gasteiger partial charge in [0, 0.05) is 50.2 Å². The molecule has 2 fully saturated rings.